The van der Waals surface area contributed by atoms with Crippen LogP contribution in [0.4, 0.5) is 0 Å². The van der Waals surface area contributed by atoms with Crippen LogP contribution >= 0.6 is 0 Å². The highest BCUT2D eigenvalue weighted by Crippen LogP contribution is 2.52. The number of aryl methyl sites for hydroxylation is 1. The quantitative estimate of drug-likeness (QED) is 0.806. The first-order chi connectivity index (χ1) is 7.65. The van der Waals surface area contributed by atoms with Crippen LogP contribution in [0.5, 0.6) is 0 Å². The number of rotatable bonds is 2. The van der Waals surface area contributed by atoms with Gasteiger partial charge in [-0.3, -0.25) is 0 Å². The van der Waals surface area contributed by atoms with Gasteiger partial charge < -0.3 is 5.73 Å². The van der Waals surface area contributed by atoms with E-state index in [1.807, 2.05) is 0 Å². The van der Waals surface area contributed by atoms with Gasteiger partial charge in [0.15, 0.2) is 0 Å². The average Bonchev–Trinajstić information content (AvgIpc) is 2.90. The van der Waals surface area contributed by atoms with Gasteiger partial charge in [0, 0.05) is 11.5 Å². The first kappa shape index (κ1) is 10.3. The zero-order valence-electron chi connectivity index (χ0n) is 10.3. The summed E-state index contributed by atoms with van der Waals surface area (Å²) in [6, 6.07) is 4.97. The van der Waals surface area contributed by atoms with Crippen LogP contribution in [0.1, 0.15) is 48.4 Å². The Morgan fingerprint density at radius 1 is 1.19 bits per heavy atom. The first-order valence-corrected chi connectivity index (χ1v) is 6.52. The molecule has 2 N–H and O–H groups in total. The normalized spacial score (nSPS) is 22.9. The zero-order chi connectivity index (χ0) is 11.3. The highest BCUT2D eigenvalue weighted by Gasteiger charge is 2.48. The van der Waals surface area contributed by atoms with Crippen molar-refractivity contribution in [1.29, 1.82) is 0 Å². The van der Waals surface area contributed by atoms with Crippen LogP contribution in [-0.2, 0) is 18.3 Å². The van der Waals surface area contributed by atoms with Crippen molar-refractivity contribution in [1.82, 2.24) is 0 Å². The van der Waals surface area contributed by atoms with Crippen LogP contribution in [-0.4, -0.2) is 6.04 Å². The summed E-state index contributed by atoms with van der Waals surface area (Å²) in [4.78, 5) is 0. The molecule has 0 saturated heterocycles. The molecular formula is C15H21N. The zero-order valence-corrected chi connectivity index (χ0v) is 10.3. The molecule has 1 fully saturated rings. The fourth-order valence-electron chi connectivity index (χ4n) is 3.46. The van der Waals surface area contributed by atoms with Crippen LogP contribution in [0.3, 0.4) is 0 Å². The topological polar surface area (TPSA) is 26.0 Å². The van der Waals surface area contributed by atoms with Gasteiger partial charge in [0.25, 0.3) is 0 Å². The van der Waals surface area contributed by atoms with Crippen molar-refractivity contribution in [3.8, 4) is 0 Å². The van der Waals surface area contributed by atoms with E-state index >= 15 is 0 Å². The van der Waals surface area contributed by atoms with Gasteiger partial charge in [0.05, 0.1) is 0 Å². The Hall–Kier alpha value is -0.820. The monoisotopic (exact) mass is 215 g/mol. The molecule has 1 aromatic rings. The van der Waals surface area contributed by atoms with E-state index in [2.05, 4.69) is 26.0 Å². The Labute approximate surface area is 98.0 Å². The molecule has 86 valence electrons. The molecule has 1 heteroatoms. The largest absolute Gasteiger partial charge is 0.327 e. The lowest BCUT2D eigenvalue weighted by molar-refractivity contribution is 0.552. The molecule has 16 heavy (non-hydrogen) atoms. The minimum atomic E-state index is 0.305. The second kappa shape index (κ2) is 3.33. The maximum absolute atomic E-state index is 6.20. The molecule has 2 aliphatic rings. The van der Waals surface area contributed by atoms with Gasteiger partial charge in [-0.2, -0.15) is 0 Å². The molecule has 0 amide bonds. The molecule has 0 aromatic heterocycles. The molecule has 0 radical (unpaired) electrons. The summed E-state index contributed by atoms with van der Waals surface area (Å²) in [5, 5.41) is 0. The third kappa shape index (κ3) is 1.27. The van der Waals surface area contributed by atoms with Crippen molar-refractivity contribution in [3.05, 3.63) is 34.4 Å². The van der Waals surface area contributed by atoms with Crippen LogP contribution in [0.15, 0.2) is 12.1 Å². The average molecular weight is 215 g/mol. The molecular weight excluding hydrogens is 194 g/mol. The van der Waals surface area contributed by atoms with Crippen LogP contribution in [0.25, 0.3) is 0 Å². The van der Waals surface area contributed by atoms with Crippen molar-refractivity contribution in [2.75, 3.05) is 0 Å². The lowest BCUT2D eigenvalue weighted by atomic mass is 9.84. The van der Waals surface area contributed by atoms with Crippen molar-refractivity contribution in [2.45, 2.75) is 57.4 Å². The molecule has 3 rings (SSSR count). The van der Waals surface area contributed by atoms with Crippen molar-refractivity contribution in [3.63, 3.8) is 0 Å². The minimum Gasteiger partial charge on any atom is -0.327 e. The molecule has 0 bridgehead atoms. The van der Waals surface area contributed by atoms with E-state index in [0.717, 1.165) is 0 Å². The number of hydrogen-bond acceptors (Lipinski definition) is 1. The molecule has 1 saturated carbocycles. The third-order valence-electron chi connectivity index (χ3n) is 4.72. The third-order valence-corrected chi connectivity index (χ3v) is 4.72. The van der Waals surface area contributed by atoms with Gasteiger partial charge in [-0.05, 0) is 68.2 Å². The summed E-state index contributed by atoms with van der Waals surface area (Å²) < 4.78 is 0. The van der Waals surface area contributed by atoms with Crippen LogP contribution in [0.2, 0.25) is 0 Å². The van der Waals surface area contributed by atoms with E-state index in [-0.39, 0.29) is 0 Å². The summed E-state index contributed by atoms with van der Waals surface area (Å²) in [6.07, 6.45) is 6.48. The Morgan fingerprint density at radius 2 is 1.88 bits per heavy atom. The van der Waals surface area contributed by atoms with Gasteiger partial charge in [0.1, 0.15) is 0 Å². The standard InChI is InChI=1S/C15H21N/c1-10-6-7-14(13-5-3-4-12(10)13)15(8-9-15)11(2)16/h6-7,11H,3-5,8-9,16H2,1-2H3. The summed E-state index contributed by atoms with van der Waals surface area (Å²) in [7, 11) is 0. The van der Waals surface area contributed by atoms with Crippen LogP contribution in [0, 0.1) is 6.92 Å². The smallest absolute Gasteiger partial charge is 0.0108 e. The molecule has 1 atom stereocenters. The van der Waals surface area contributed by atoms with Gasteiger partial charge in [-0.1, -0.05) is 12.1 Å². The van der Waals surface area contributed by atoms with Crippen LogP contribution < -0.4 is 5.73 Å². The summed E-state index contributed by atoms with van der Waals surface area (Å²) >= 11 is 0. The van der Waals surface area contributed by atoms with Gasteiger partial charge in [0.2, 0.25) is 0 Å². The number of fused-ring (bicyclic) bond motifs is 1. The maximum Gasteiger partial charge on any atom is 0.0108 e. The Balaban J connectivity index is 2.13. The Kier molecular flexibility index (Phi) is 2.16. The molecule has 0 aliphatic heterocycles. The second-order valence-electron chi connectivity index (χ2n) is 5.69. The summed E-state index contributed by atoms with van der Waals surface area (Å²) in [5.74, 6) is 0. The summed E-state index contributed by atoms with van der Waals surface area (Å²) in [6.45, 7) is 4.42. The van der Waals surface area contributed by atoms with E-state index in [0.29, 0.717) is 11.5 Å². The summed E-state index contributed by atoms with van der Waals surface area (Å²) in [5.41, 5.74) is 12.9. The molecule has 0 heterocycles. The van der Waals surface area contributed by atoms with Crippen molar-refractivity contribution >= 4 is 0 Å². The first-order valence-electron chi connectivity index (χ1n) is 6.52. The predicted octanol–water partition coefficient (Wildman–Crippen LogP) is 2.86. The Morgan fingerprint density at radius 3 is 2.50 bits per heavy atom. The highest BCUT2D eigenvalue weighted by molar-refractivity contribution is 5.49. The number of benzene rings is 1. The fraction of sp³-hybridized carbons (Fsp3) is 0.600. The Bertz CT molecular complexity index is 427. The molecule has 1 aromatic carbocycles. The molecule has 1 unspecified atom stereocenters. The van der Waals surface area contributed by atoms with Gasteiger partial charge >= 0.3 is 0 Å². The second-order valence-corrected chi connectivity index (χ2v) is 5.69. The lowest BCUT2D eigenvalue weighted by Gasteiger charge is -2.24. The predicted molar refractivity (Wildman–Crippen MR) is 67.8 cm³/mol. The minimum absolute atomic E-state index is 0.305. The van der Waals surface area contributed by atoms with Crippen molar-refractivity contribution in [2.24, 2.45) is 5.73 Å². The van der Waals surface area contributed by atoms with E-state index < -0.39 is 0 Å². The van der Waals surface area contributed by atoms with E-state index in [9.17, 15) is 0 Å². The SMILES string of the molecule is Cc1ccc(C2(C(C)N)CC2)c2c1CCC2. The lowest BCUT2D eigenvalue weighted by Crippen LogP contribution is -2.32. The molecule has 2 aliphatic carbocycles. The van der Waals surface area contributed by atoms with E-state index in [4.69, 9.17) is 5.73 Å². The fourth-order valence-corrected chi connectivity index (χ4v) is 3.46. The molecule has 0 spiro atoms. The van der Waals surface area contributed by atoms with E-state index in [1.165, 1.54) is 37.7 Å². The highest BCUT2D eigenvalue weighted by atomic mass is 14.7. The van der Waals surface area contributed by atoms with Gasteiger partial charge in [-0.15, -0.1) is 0 Å². The van der Waals surface area contributed by atoms with Gasteiger partial charge in [-0.25, -0.2) is 0 Å². The maximum atomic E-state index is 6.20. The van der Waals surface area contributed by atoms with E-state index in [1.54, 1.807) is 16.7 Å². The number of hydrogen-bond donors (Lipinski definition) is 1. The number of nitrogens with two attached hydrogens (primary N) is 1. The van der Waals surface area contributed by atoms with Crippen molar-refractivity contribution < 1.29 is 0 Å². The molecule has 1 nitrogen and oxygen atoms in total.